The predicted octanol–water partition coefficient (Wildman–Crippen LogP) is 1.72. The van der Waals surface area contributed by atoms with Gasteiger partial charge in [0.05, 0.1) is 5.69 Å². The Hall–Kier alpha value is -1.86. The van der Waals surface area contributed by atoms with Gasteiger partial charge in [0.25, 0.3) is 5.91 Å². The topological polar surface area (TPSA) is 85.0 Å². The van der Waals surface area contributed by atoms with Crippen molar-refractivity contribution in [1.29, 1.82) is 0 Å². The zero-order chi connectivity index (χ0) is 16.0. The lowest BCUT2D eigenvalue weighted by Crippen LogP contribution is -2.33. The Kier molecular flexibility index (Phi) is 3.61. The molecular formula is C16H19N5OS. The van der Waals surface area contributed by atoms with Crippen molar-refractivity contribution >= 4 is 17.2 Å². The molecule has 1 saturated carbocycles. The maximum absolute atomic E-state index is 12.9. The van der Waals surface area contributed by atoms with E-state index in [9.17, 15) is 4.79 Å². The average molecular weight is 329 g/mol. The van der Waals surface area contributed by atoms with Crippen molar-refractivity contribution in [2.45, 2.75) is 25.8 Å². The summed E-state index contributed by atoms with van der Waals surface area (Å²) in [6.07, 6.45) is 5.60. The van der Waals surface area contributed by atoms with E-state index in [1.807, 2.05) is 11.8 Å². The molecule has 0 bridgehead atoms. The van der Waals surface area contributed by atoms with Gasteiger partial charge in [-0.1, -0.05) is 0 Å². The Balaban J connectivity index is 1.57. The standard InChI is InChI=1S/C16H19N5OS/c1-9-13(23-15(20-9)14-18-5-2-6-19-14)16(22)21-7-10-3-4-12(17)11(10)8-21/h2,5-6,10-12H,3-4,7-8,17H2,1H3. The summed E-state index contributed by atoms with van der Waals surface area (Å²) in [4.78, 5) is 28.4. The highest BCUT2D eigenvalue weighted by atomic mass is 32.1. The molecule has 2 aliphatic rings. The third kappa shape index (κ3) is 2.53. The van der Waals surface area contributed by atoms with Gasteiger partial charge < -0.3 is 10.6 Å². The molecule has 4 rings (SSSR count). The van der Waals surface area contributed by atoms with E-state index in [0.29, 0.717) is 27.5 Å². The van der Waals surface area contributed by atoms with E-state index in [1.165, 1.54) is 11.3 Å². The van der Waals surface area contributed by atoms with Crippen LogP contribution in [0.2, 0.25) is 0 Å². The van der Waals surface area contributed by atoms with Crippen LogP contribution in [-0.4, -0.2) is 44.9 Å². The fourth-order valence-corrected chi connectivity index (χ4v) is 4.70. The highest BCUT2D eigenvalue weighted by molar-refractivity contribution is 7.17. The molecule has 2 aromatic heterocycles. The summed E-state index contributed by atoms with van der Waals surface area (Å²) in [7, 11) is 0. The van der Waals surface area contributed by atoms with Crippen LogP contribution in [-0.2, 0) is 0 Å². The van der Waals surface area contributed by atoms with Crippen LogP contribution in [0.25, 0.3) is 10.8 Å². The number of thiazole rings is 1. The fourth-order valence-electron chi connectivity index (χ4n) is 3.72. The van der Waals surface area contributed by atoms with E-state index >= 15 is 0 Å². The third-order valence-electron chi connectivity index (χ3n) is 4.95. The number of aryl methyl sites for hydroxylation is 1. The lowest BCUT2D eigenvalue weighted by atomic mass is 9.98. The lowest BCUT2D eigenvalue weighted by molar-refractivity contribution is 0.0783. The number of rotatable bonds is 2. The molecule has 0 spiro atoms. The Labute approximate surface area is 138 Å². The van der Waals surface area contributed by atoms with E-state index in [2.05, 4.69) is 15.0 Å². The van der Waals surface area contributed by atoms with Crippen LogP contribution in [0.5, 0.6) is 0 Å². The minimum absolute atomic E-state index is 0.0729. The molecule has 0 aromatic carbocycles. The van der Waals surface area contributed by atoms with Gasteiger partial charge >= 0.3 is 0 Å². The first-order valence-electron chi connectivity index (χ1n) is 7.93. The summed E-state index contributed by atoms with van der Waals surface area (Å²) in [5.41, 5.74) is 6.92. The summed E-state index contributed by atoms with van der Waals surface area (Å²) < 4.78 is 0. The van der Waals surface area contributed by atoms with Gasteiger partial charge in [-0.05, 0) is 37.7 Å². The van der Waals surface area contributed by atoms with Crippen molar-refractivity contribution in [3.8, 4) is 10.8 Å². The molecule has 2 N–H and O–H groups in total. The lowest BCUT2D eigenvalue weighted by Gasteiger charge is -2.18. The maximum Gasteiger partial charge on any atom is 0.265 e. The number of carbonyl (C=O) groups excluding carboxylic acids is 1. The van der Waals surface area contributed by atoms with Crippen LogP contribution in [0.1, 0.15) is 28.2 Å². The second-order valence-electron chi connectivity index (χ2n) is 6.38. The molecule has 3 heterocycles. The minimum atomic E-state index is 0.0729. The summed E-state index contributed by atoms with van der Waals surface area (Å²) in [6, 6.07) is 2.01. The number of hydrogen-bond acceptors (Lipinski definition) is 6. The zero-order valence-electron chi connectivity index (χ0n) is 13.0. The maximum atomic E-state index is 12.9. The van der Waals surface area contributed by atoms with Gasteiger partial charge in [-0.15, -0.1) is 11.3 Å². The van der Waals surface area contributed by atoms with Gasteiger partial charge in [-0.3, -0.25) is 4.79 Å². The first-order chi connectivity index (χ1) is 11.1. The van der Waals surface area contributed by atoms with Gasteiger partial charge in [-0.25, -0.2) is 15.0 Å². The van der Waals surface area contributed by atoms with Crippen LogP contribution in [0.4, 0.5) is 0 Å². The number of fused-ring (bicyclic) bond motifs is 1. The van der Waals surface area contributed by atoms with Crippen LogP contribution in [0, 0.1) is 18.8 Å². The van der Waals surface area contributed by atoms with Gasteiger partial charge in [0.1, 0.15) is 4.88 Å². The largest absolute Gasteiger partial charge is 0.337 e. The molecule has 6 nitrogen and oxygen atoms in total. The minimum Gasteiger partial charge on any atom is -0.337 e. The van der Waals surface area contributed by atoms with Crippen LogP contribution in [0.15, 0.2) is 18.5 Å². The van der Waals surface area contributed by atoms with E-state index in [4.69, 9.17) is 5.73 Å². The highest BCUT2D eigenvalue weighted by Gasteiger charge is 2.43. The van der Waals surface area contributed by atoms with Crippen LogP contribution < -0.4 is 5.73 Å². The fraction of sp³-hybridized carbons (Fsp3) is 0.500. The van der Waals surface area contributed by atoms with E-state index < -0.39 is 0 Å². The first kappa shape index (κ1) is 14.7. The molecule has 3 atom stereocenters. The molecule has 120 valence electrons. The number of nitrogens with two attached hydrogens (primary N) is 1. The summed E-state index contributed by atoms with van der Waals surface area (Å²) in [5.74, 6) is 1.67. The molecule has 3 unspecified atom stereocenters. The molecule has 7 heteroatoms. The van der Waals surface area contributed by atoms with Crippen molar-refractivity contribution in [1.82, 2.24) is 19.9 Å². The molecule has 1 amide bonds. The van der Waals surface area contributed by atoms with Crippen LogP contribution in [0.3, 0.4) is 0 Å². The van der Waals surface area contributed by atoms with Gasteiger partial charge in [0.15, 0.2) is 10.8 Å². The molecule has 23 heavy (non-hydrogen) atoms. The van der Waals surface area contributed by atoms with Crippen molar-refractivity contribution in [3.05, 3.63) is 29.0 Å². The molecule has 1 aliphatic heterocycles. The number of nitrogens with zero attached hydrogens (tertiary/aromatic N) is 4. The second-order valence-corrected chi connectivity index (χ2v) is 7.38. The van der Waals surface area contributed by atoms with Gasteiger partial charge in [-0.2, -0.15) is 0 Å². The highest BCUT2D eigenvalue weighted by Crippen LogP contribution is 2.38. The van der Waals surface area contributed by atoms with Crippen LogP contribution >= 0.6 is 11.3 Å². The van der Waals surface area contributed by atoms with E-state index in [-0.39, 0.29) is 11.9 Å². The molecular weight excluding hydrogens is 310 g/mol. The molecule has 1 saturated heterocycles. The first-order valence-corrected chi connectivity index (χ1v) is 8.75. The average Bonchev–Trinajstić information content (AvgIpc) is 3.24. The van der Waals surface area contributed by atoms with Crippen molar-refractivity contribution in [2.24, 2.45) is 17.6 Å². The Morgan fingerprint density at radius 3 is 2.83 bits per heavy atom. The normalized spacial score (nSPS) is 26.5. The number of aromatic nitrogens is 3. The van der Waals surface area contributed by atoms with Crippen molar-refractivity contribution in [3.63, 3.8) is 0 Å². The number of amides is 1. The quantitative estimate of drug-likeness (QED) is 0.907. The van der Waals surface area contributed by atoms with Gasteiger partial charge in [0.2, 0.25) is 0 Å². The van der Waals surface area contributed by atoms with Crippen molar-refractivity contribution in [2.75, 3.05) is 13.1 Å². The monoisotopic (exact) mass is 329 g/mol. The predicted molar refractivity (Wildman–Crippen MR) is 88.0 cm³/mol. The van der Waals surface area contributed by atoms with Crippen molar-refractivity contribution < 1.29 is 4.79 Å². The molecule has 1 aliphatic carbocycles. The third-order valence-corrected chi connectivity index (χ3v) is 6.09. The van der Waals surface area contributed by atoms with E-state index in [1.54, 1.807) is 18.5 Å². The Bertz CT molecular complexity index is 731. The van der Waals surface area contributed by atoms with Gasteiger partial charge in [0, 0.05) is 31.5 Å². The Morgan fingerprint density at radius 2 is 2.09 bits per heavy atom. The number of hydrogen-bond donors (Lipinski definition) is 1. The zero-order valence-corrected chi connectivity index (χ0v) is 13.8. The summed E-state index contributed by atoms with van der Waals surface area (Å²) in [6.45, 7) is 3.48. The second kappa shape index (κ2) is 5.65. The number of carbonyl (C=O) groups is 1. The molecule has 0 radical (unpaired) electrons. The smallest absolute Gasteiger partial charge is 0.265 e. The Morgan fingerprint density at radius 1 is 1.30 bits per heavy atom. The summed E-state index contributed by atoms with van der Waals surface area (Å²) >= 11 is 1.38. The number of likely N-dealkylation sites (tertiary alicyclic amines) is 1. The van der Waals surface area contributed by atoms with E-state index in [0.717, 1.165) is 31.6 Å². The SMILES string of the molecule is Cc1nc(-c2ncccn2)sc1C(=O)N1CC2CCC(N)C2C1. The summed E-state index contributed by atoms with van der Waals surface area (Å²) in [5, 5.41) is 0.697. The molecule has 2 fully saturated rings. The molecule has 2 aromatic rings.